The molecule has 2 aromatic rings. The fourth-order valence-electron chi connectivity index (χ4n) is 1.86. The van der Waals surface area contributed by atoms with Crippen molar-refractivity contribution in [2.75, 3.05) is 10.6 Å². The van der Waals surface area contributed by atoms with E-state index in [9.17, 15) is 0 Å². The summed E-state index contributed by atoms with van der Waals surface area (Å²) in [6.07, 6.45) is 0. The summed E-state index contributed by atoms with van der Waals surface area (Å²) in [6, 6.07) is 10.0. The quantitative estimate of drug-likeness (QED) is 0.877. The van der Waals surface area contributed by atoms with Gasteiger partial charge in [0, 0.05) is 23.7 Å². The Balaban J connectivity index is 2.09. The third kappa shape index (κ3) is 4.10. The Kier molecular flexibility index (Phi) is 4.79. The first-order chi connectivity index (χ1) is 9.54. The lowest BCUT2D eigenvalue weighted by Gasteiger charge is -2.12. The van der Waals surface area contributed by atoms with Gasteiger partial charge in [-0.25, -0.2) is 9.97 Å². The molecular weight excluding hydrogens is 272 g/mol. The molecule has 5 heteroatoms. The van der Waals surface area contributed by atoms with Gasteiger partial charge in [-0.05, 0) is 32.4 Å². The predicted octanol–water partition coefficient (Wildman–Crippen LogP) is 3.87. The maximum absolute atomic E-state index is 6.14. The number of halogens is 1. The first-order valence-electron chi connectivity index (χ1n) is 6.64. The topological polar surface area (TPSA) is 49.8 Å². The lowest BCUT2D eigenvalue weighted by atomic mass is 10.2. The van der Waals surface area contributed by atoms with Crippen LogP contribution in [0.1, 0.15) is 25.2 Å². The number of hydrogen-bond donors (Lipinski definition) is 2. The van der Waals surface area contributed by atoms with Gasteiger partial charge in [0.2, 0.25) is 0 Å². The van der Waals surface area contributed by atoms with Crippen LogP contribution < -0.4 is 10.6 Å². The van der Waals surface area contributed by atoms with Gasteiger partial charge in [0.25, 0.3) is 0 Å². The number of hydrogen-bond acceptors (Lipinski definition) is 4. The van der Waals surface area contributed by atoms with Gasteiger partial charge in [-0.2, -0.15) is 0 Å². The highest BCUT2D eigenvalue weighted by Crippen LogP contribution is 2.17. The average molecular weight is 291 g/mol. The summed E-state index contributed by atoms with van der Waals surface area (Å²) in [4.78, 5) is 8.74. The largest absolute Gasteiger partial charge is 0.368 e. The number of nitrogens with zero attached hydrogens (tertiary/aromatic N) is 2. The standard InChI is InChI=1S/C15H19ClN4/c1-10(2)18-15-8-14(19-11(3)20-15)17-9-12-6-4-5-7-13(12)16/h4-8,10H,9H2,1-3H3,(H2,17,18,19,20). The summed E-state index contributed by atoms with van der Waals surface area (Å²) in [5.74, 6) is 2.35. The zero-order valence-electron chi connectivity index (χ0n) is 11.9. The van der Waals surface area contributed by atoms with E-state index in [-0.39, 0.29) is 0 Å². The molecule has 0 spiro atoms. The van der Waals surface area contributed by atoms with E-state index in [1.54, 1.807) is 0 Å². The van der Waals surface area contributed by atoms with Crippen LogP contribution in [0.5, 0.6) is 0 Å². The summed E-state index contributed by atoms with van der Waals surface area (Å²) < 4.78 is 0. The minimum atomic E-state index is 0.334. The first-order valence-corrected chi connectivity index (χ1v) is 7.02. The molecule has 0 radical (unpaired) electrons. The van der Waals surface area contributed by atoms with E-state index in [1.165, 1.54) is 0 Å². The Morgan fingerprint density at radius 1 is 1.15 bits per heavy atom. The van der Waals surface area contributed by atoms with E-state index in [0.29, 0.717) is 12.6 Å². The van der Waals surface area contributed by atoms with E-state index in [1.807, 2.05) is 37.3 Å². The highest BCUT2D eigenvalue weighted by atomic mass is 35.5. The van der Waals surface area contributed by atoms with Gasteiger partial charge in [0.05, 0.1) is 0 Å². The molecule has 1 heterocycles. The number of nitrogens with one attached hydrogen (secondary N) is 2. The molecule has 0 atom stereocenters. The van der Waals surface area contributed by atoms with Crippen molar-refractivity contribution in [3.63, 3.8) is 0 Å². The molecule has 2 rings (SSSR count). The van der Waals surface area contributed by atoms with Crippen LogP contribution in [-0.4, -0.2) is 16.0 Å². The highest BCUT2D eigenvalue weighted by molar-refractivity contribution is 6.31. The van der Waals surface area contributed by atoms with Gasteiger partial charge < -0.3 is 10.6 Å². The third-order valence-corrected chi connectivity index (χ3v) is 3.06. The Bertz CT molecular complexity index is 584. The van der Waals surface area contributed by atoms with Crippen molar-refractivity contribution in [3.8, 4) is 0 Å². The summed E-state index contributed by atoms with van der Waals surface area (Å²) in [7, 11) is 0. The Hall–Kier alpha value is -1.81. The lowest BCUT2D eigenvalue weighted by Crippen LogP contribution is -2.13. The maximum Gasteiger partial charge on any atom is 0.132 e. The van der Waals surface area contributed by atoms with Crippen LogP contribution in [0.4, 0.5) is 11.6 Å². The van der Waals surface area contributed by atoms with Crippen LogP contribution in [-0.2, 0) is 6.54 Å². The van der Waals surface area contributed by atoms with Crippen LogP contribution in [0.25, 0.3) is 0 Å². The zero-order valence-corrected chi connectivity index (χ0v) is 12.7. The van der Waals surface area contributed by atoms with Gasteiger partial charge in [0.1, 0.15) is 17.5 Å². The van der Waals surface area contributed by atoms with Crippen LogP contribution in [0.3, 0.4) is 0 Å². The first kappa shape index (κ1) is 14.6. The third-order valence-electron chi connectivity index (χ3n) is 2.69. The monoisotopic (exact) mass is 290 g/mol. The van der Waals surface area contributed by atoms with Gasteiger partial charge in [-0.15, -0.1) is 0 Å². The molecule has 1 aromatic carbocycles. The number of anilines is 2. The molecular formula is C15H19ClN4. The second-order valence-corrected chi connectivity index (χ2v) is 5.34. The maximum atomic E-state index is 6.14. The summed E-state index contributed by atoms with van der Waals surface area (Å²) in [5, 5.41) is 7.31. The molecule has 2 N–H and O–H groups in total. The van der Waals surface area contributed by atoms with E-state index in [4.69, 9.17) is 11.6 Å². The Morgan fingerprint density at radius 2 is 1.85 bits per heavy atom. The van der Waals surface area contributed by atoms with Crippen LogP contribution in [0.2, 0.25) is 5.02 Å². The van der Waals surface area contributed by atoms with Crippen LogP contribution in [0.15, 0.2) is 30.3 Å². The van der Waals surface area contributed by atoms with E-state index in [2.05, 4.69) is 34.4 Å². The molecule has 0 aliphatic carbocycles. The van der Waals surface area contributed by atoms with Gasteiger partial charge in [-0.1, -0.05) is 29.8 Å². The zero-order chi connectivity index (χ0) is 14.5. The molecule has 0 saturated heterocycles. The smallest absolute Gasteiger partial charge is 0.132 e. The minimum Gasteiger partial charge on any atom is -0.368 e. The molecule has 1 aromatic heterocycles. The minimum absolute atomic E-state index is 0.334. The summed E-state index contributed by atoms with van der Waals surface area (Å²) >= 11 is 6.14. The van der Waals surface area contributed by atoms with Crippen molar-refractivity contribution < 1.29 is 0 Å². The van der Waals surface area contributed by atoms with Crippen molar-refractivity contribution >= 4 is 23.2 Å². The summed E-state index contributed by atoms with van der Waals surface area (Å²) in [6.45, 7) is 6.67. The van der Waals surface area contributed by atoms with Crippen molar-refractivity contribution in [3.05, 3.63) is 46.7 Å². The SMILES string of the molecule is Cc1nc(NCc2ccccc2Cl)cc(NC(C)C)n1. The van der Waals surface area contributed by atoms with Gasteiger partial charge in [-0.3, -0.25) is 0 Å². The second kappa shape index (κ2) is 6.57. The number of aryl methyl sites for hydroxylation is 1. The number of benzene rings is 1. The summed E-state index contributed by atoms with van der Waals surface area (Å²) in [5.41, 5.74) is 1.05. The van der Waals surface area contributed by atoms with Crippen molar-refractivity contribution in [2.24, 2.45) is 0 Å². The molecule has 4 nitrogen and oxygen atoms in total. The van der Waals surface area contributed by atoms with Crippen molar-refractivity contribution in [1.82, 2.24) is 9.97 Å². The van der Waals surface area contributed by atoms with Crippen LogP contribution in [0, 0.1) is 6.92 Å². The van der Waals surface area contributed by atoms with Crippen molar-refractivity contribution in [2.45, 2.75) is 33.4 Å². The average Bonchev–Trinajstić information content (AvgIpc) is 2.36. The molecule has 20 heavy (non-hydrogen) atoms. The highest BCUT2D eigenvalue weighted by Gasteiger charge is 2.04. The van der Waals surface area contributed by atoms with E-state index in [0.717, 1.165) is 28.0 Å². The van der Waals surface area contributed by atoms with Gasteiger partial charge in [0.15, 0.2) is 0 Å². The molecule has 0 fully saturated rings. The fraction of sp³-hybridized carbons (Fsp3) is 0.333. The van der Waals surface area contributed by atoms with Gasteiger partial charge >= 0.3 is 0 Å². The number of aromatic nitrogens is 2. The number of rotatable bonds is 5. The molecule has 0 unspecified atom stereocenters. The van der Waals surface area contributed by atoms with Crippen LogP contribution >= 0.6 is 11.6 Å². The molecule has 0 aliphatic heterocycles. The molecule has 0 bridgehead atoms. The molecule has 0 aliphatic rings. The second-order valence-electron chi connectivity index (χ2n) is 4.93. The Morgan fingerprint density at radius 3 is 2.55 bits per heavy atom. The van der Waals surface area contributed by atoms with Crippen molar-refractivity contribution in [1.29, 1.82) is 0 Å². The molecule has 0 amide bonds. The lowest BCUT2D eigenvalue weighted by molar-refractivity contribution is 0.880. The fourth-order valence-corrected chi connectivity index (χ4v) is 2.06. The van der Waals surface area contributed by atoms with E-state index < -0.39 is 0 Å². The molecule has 0 saturated carbocycles. The van der Waals surface area contributed by atoms with E-state index >= 15 is 0 Å². The predicted molar refractivity (Wildman–Crippen MR) is 84.3 cm³/mol. The Labute approximate surface area is 124 Å². The normalized spacial score (nSPS) is 10.7. The molecule has 106 valence electrons.